The lowest BCUT2D eigenvalue weighted by molar-refractivity contribution is -0.118. The highest BCUT2D eigenvalue weighted by Crippen LogP contribution is 2.06. The summed E-state index contributed by atoms with van der Waals surface area (Å²) in [6, 6.07) is 2.85. The number of nitrogens with one attached hydrogen (secondary N) is 2. The number of amides is 2. The van der Waals surface area contributed by atoms with Crippen LogP contribution in [0, 0.1) is 0 Å². The van der Waals surface area contributed by atoms with Crippen molar-refractivity contribution in [3.8, 4) is 0 Å². The first-order valence-electron chi connectivity index (χ1n) is 7.04. The first-order valence-corrected chi connectivity index (χ1v) is 7.04. The molecule has 0 atom stereocenters. The molecular weight excluding hydrogens is 282 g/mol. The smallest absolute Gasteiger partial charge is 0.292 e. The summed E-state index contributed by atoms with van der Waals surface area (Å²) < 4.78 is 0. The van der Waals surface area contributed by atoms with Crippen LogP contribution in [0.4, 0.5) is 0 Å². The minimum atomic E-state index is -0.693. The van der Waals surface area contributed by atoms with Crippen LogP contribution in [0.5, 0.6) is 0 Å². The van der Waals surface area contributed by atoms with Gasteiger partial charge in [-0.2, -0.15) is 0 Å². The topological polar surface area (TPSA) is 88.2 Å². The average Bonchev–Trinajstić information content (AvgIpc) is 2.34. The average molecular weight is 305 g/mol. The summed E-state index contributed by atoms with van der Waals surface area (Å²) >= 11 is 0. The molecule has 1 aromatic heterocycles. The number of hydrogen-bond donors (Lipinski definition) is 2. The van der Waals surface area contributed by atoms with E-state index in [4.69, 9.17) is 0 Å². The van der Waals surface area contributed by atoms with Gasteiger partial charge >= 0.3 is 0 Å². The van der Waals surface area contributed by atoms with Crippen molar-refractivity contribution in [3.63, 3.8) is 0 Å². The number of rotatable bonds is 3. The van der Waals surface area contributed by atoms with Gasteiger partial charge in [-0.05, 0) is 53.7 Å². The largest absolute Gasteiger partial charge is 0.346 e. The second-order valence-electron chi connectivity index (χ2n) is 7.17. The van der Waals surface area contributed by atoms with Crippen molar-refractivity contribution in [1.82, 2.24) is 15.6 Å². The summed E-state index contributed by atoms with van der Waals surface area (Å²) in [5, 5.41) is 5.36. The first kappa shape index (κ1) is 17.8. The second kappa shape index (κ2) is 6.25. The van der Waals surface area contributed by atoms with E-state index < -0.39 is 17.2 Å². The van der Waals surface area contributed by atoms with Gasteiger partial charge in [0.25, 0.3) is 17.6 Å². The normalized spacial score (nSPS) is 11.7. The molecule has 1 aromatic rings. The summed E-state index contributed by atoms with van der Waals surface area (Å²) in [7, 11) is 0. The highest BCUT2D eigenvalue weighted by Gasteiger charge is 2.22. The number of carbonyl (C=O) groups excluding carboxylic acids is 3. The molecule has 0 aromatic carbocycles. The zero-order valence-corrected chi connectivity index (χ0v) is 13.9. The Morgan fingerprint density at radius 3 is 1.86 bits per heavy atom. The second-order valence-corrected chi connectivity index (χ2v) is 7.17. The molecule has 0 spiro atoms. The Balaban J connectivity index is 2.83. The van der Waals surface area contributed by atoms with Crippen molar-refractivity contribution in [2.45, 2.75) is 52.6 Å². The van der Waals surface area contributed by atoms with Crippen molar-refractivity contribution in [2.75, 3.05) is 0 Å². The molecule has 0 saturated heterocycles. The van der Waals surface area contributed by atoms with Crippen LogP contribution in [0.15, 0.2) is 18.3 Å². The van der Waals surface area contributed by atoms with Gasteiger partial charge in [-0.3, -0.25) is 19.4 Å². The van der Waals surface area contributed by atoms with Crippen molar-refractivity contribution >= 4 is 17.6 Å². The molecule has 0 bridgehead atoms. The zero-order chi connectivity index (χ0) is 17.1. The van der Waals surface area contributed by atoms with Crippen LogP contribution in [0.3, 0.4) is 0 Å². The third kappa shape index (κ3) is 5.63. The van der Waals surface area contributed by atoms with Crippen LogP contribution < -0.4 is 10.6 Å². The lowest BCUT2D eigenvalue weighted by Crippen LogP contribution is -2.44. The fourth-order valence-corrected chi connectivity index (χ4v) is 1.60. The Kier molecular flexibility index (Phi) is 5.06. The quantitative estimate of drug-likeness (QED) is 0.657. The maximum absolute atomic E-state index is 12.0. The van der Waals surface area contributed by atoms with E-state index in [1.54, 1.807) is 20.8 Å². The summed E-state index contributed by atoms with van der Waals surface area (Å²) in [6.45, 7) is 10.9. The molecule has 2 N–H and O–H groups in total. The number of aromatic nitrogens is 1. The van der Waals surface area contributed by atoms with Gasteiger partial charge in [-0.1, -0.05) is 0 Å². The van der Waals surface area contributed by atoms with Gasteiger partial charge in [0.15, 0.2) is 0 Å². The molecule has 2 amide bonds. The van der Waals surface area contributed by atoms with Gasteiger partial charge in [-0.15, -0.1) is 0 Å². The van der Waals surface area contributed by atoms with Gasteiger partial charge in [0.05, 0.1) is 0 Å². The van der Waals surface area contributed by atoms with Crippen LogP contribution in [-0.2, 0) is 4.79 Å². The highest BCUT2D eigenvalue weighted by atomic mass is 16.2. The van der Waals surface area contributed by atoms with Crippen LogP contribution in [0.1, 0.15) is 62.4 Å². The Labute approximate surface area is 130 Å². The van der Waals surface area contributed by atoms with E-state index in [0.717, 1.165) is 0 Å². The fourth-order valence-electron chi connectivity index (χ4n) is 1.60. The van der Waals surface area contributed by atoms with Gasteiger partial charge in [0.1, 0.15) is 5.69 Å². The van der Waals surface area contributed by atoms with E-state index in [9.17, 15) is 14.4 Å². The lowest BCUT2D eigenvalue weighted by atomic mass is 10.1. The molecule has 1 rings (SSSR count). The first-order chi connectivity index (χ1) is 9.89. The predicted molar refractivity (Wildman–Crippen MR) is 83.7 cm³/mol. The molecule has 0 aliphatic carbocycles. The maximum atomic E-state index is 12.0. The zero-order valence-electron chi connectivity index (χ0n) is 13.9. The molecule has 0 unspecified atom stereocenters. The Morgan fingerprint density at radius 2 is 1.45 bits per heavy atom. The number of Topliss-reactive ketones (excluding diaryl/α,β-unsaturated/α-hetero) is 1. The molecule has 1 heterocycles. The molecular formula is C16H23N3O3. The SMILES string of the molecule is CC(C)(C)NC(=O)C(=O)c1ccc(C(=O)NC(C)(C)C)nc1. The molecule has 0 radical (unpaired) electrons. The molecule has 22 heavy (non-hydrogen) atoms. The van der Waals surface area contributed by atoms with E-state index in [-0.39, 0.29) is 22.7 Å². The molecule has 0 fully saturated rings. The highest BCUT2D eigenvalue weighted by molar-refractivity contribution is 6.42. The summed E-state index contributed by atoms with van der Waals surface area (Å²) in [5.74, 6) is -1.70. The van der Waals surface area contributed by atoms with Gasteiger partial charge in [0, 0.05) is 22.8 Å². The number of hydrogen-bond acceptors (Lipinski definition) is 4. The molecule has 120 valence electrons. The molecule has 6 nitrogen and oxygen atoms in total. The Hall–Kier alpha value is -2.24. The minimum absolute atomic E-state index is 0.147. The third-order valence-corrected chi connectivity index (χ3v) is 2.44. The summed E-state index contributed by atoms with van der Waals surface area (Å²) in [5.41, 5.74) is -0.524. The maximum Gasteiger partial charge on any atom is 0.292 e. The number of carbonyl (C=O) groups is 3. The summed E-state index contributed by atoms with van der Waals surface area (Å²) in [6.07, 6.45) is 1.24. The van der Waals surface area contributed by atoms with Gasteiger partial charge in [0.2, 0.25) is 0 Å². The molecule has 0 aliphatic heterocycles. The fraction of sp³-hybridized carbons (Fsp3) is 0.500. The van der Waals surface area contributed by atoms with Crippen molar-refractivity contribution in [3.05, 3.63) is 29.6 Å². The summed E-state index contributed by atoms with van der Waals surface area (Å²) in [4.78, 5) is 39.7. The van der Waals surface area contributed by atoms with E-state index in [0.29, 0.717) is 0 Å². The van der Waals surface area contributed by atoms with E-state index in [2.05, 4.69) is 15.6 Å². The van der Waals surface area contributed by atoms with Crippen LogP contribution in [0.2, 0.25) is 0 Å². The molecule has 6 heteroatoms. The van der Waals surface area contributed by atoms with E-state index >= 15 is 0 Å². The minimum Gasteiger partial charge on any atom is -0.346 e. The van der Waals surface area contributed by atoms with Crippen LogP contribution >= 0.6 is 0 Å². The van der Waals surface area contributed by atoms with Crippen molar-refractivity contribution in [2.24, 2.45) is 0 Å². The number of nitrogens with zero attached hydrogens (tertiary/aromatic N) is 1. The van der Waals surface area contributed by atoms with Gasteiger partial charge < -0.3 is 10.6 Å². The number of ketones is 1. The monoisotopic (exact) mass is 305 g/mol. The van der Waals surface area contributed by atoms with Crippen LogP contribution in [-0.4, -0.2) is 33.7 Å². The number of pyridine rings is 1. The van der Waals surface area contributed by atoms with Crippen molar-refractivity contribution in [1.29, 1.82) is 0 Å². The molecule has 0 saturated carbocycles. The van der Waals surface area contributed by atoms with Crippen LogP contribution in [0.25, 0.3) is 0 Å². The lowest BCUT2D eigenvalue weighted by Gasteiger charge is -2.20. The van der Waals surface area contributed by atoms with E-state index in [1.165, 1.54) is 18.3 Å². The predicted octanol–water partition coefficient (Wildman–Crippen LogP) is 1.71. The van der Waals surface area contributed by atoms with Gasteiger partial charge in [-0.25, -0.2) is 0 Å². The standard InChI is InChI=1S/C16H23N3O3/c1-15(2,3)18-13(21)11-8-7-10(9-17-11)12(20)14(22)19-16(4,5)6/h7-9H,1-6H3,(H,18,21)(H,19,22). The Bertz CT molecular complexity index is 578. The Morgan fingerprint density at radius 1 is 0.909 bits per heavy atom. The van der Waals surface area contributed by atoms with Crippen molar-refractivity contribution < 1.29 is 14.4 Å². The third-order valence-electron chi connectivity index (χ3n) is 2.44. The van der Waals surface area contributed by atoms with E-state index in [1.807, 2.05) is 20.8 Å². The molecule has 0 aliphatic rings.